The minimum absolute atomic E-state index is 0.682. The van der Waals surface area contributed by atoms with E-state index in [0.717, 1.165) is 56.0 Å². The zero-order chi connectivity index (χ0) is 26.7. The fraction of sp³-hybridized carbons (Fsp3) is 0. The Hall–Kier alpha value is -5.48. The van der Waals surface area contributed by atoms with Gasteiger partial charge in [-0.3, -0.25) is 9.97 Å². The van der Waals surface area contributed by atoms with E-state index in [4.69, 9.17) is 9.97 Å². The molecule has 0 saturated carbocycles. The average Bonchev–Trinajstić information content (AvgIpc) is 3.05. The molecule has 0 aliphatic rings. The summed E-state index contributed by atoms with van der Waals surface area (Å²) in [6.07, 6.45) is 3.63. The number of aromatic nitrogens is 4. The maximum Gasteiger partial charge on any atom is 0.160 e. The molecule has 0 bridgehead atoms. The molecule has 4 nitrogen and oxygen atoms in total. The van der Waals surface area contributed by atoms with Crippen LogP contribution in [0.15, 0.2) is 146 Å². The van der Waals surface area contributed by atoms with E-state index in [2.05, 4.69) is 107 Å². The highest BCUT2D eigenvalue weighted by atomic mass is 14.9. The highest BCUT2D eigenvalue weighted by molar-refractivity contribution is 5.96. The molecule has 0 unspecified atom stereocenters. The maximum atomic E-state index is 5.08. The van der Waals surface area contributed by atoms with Crippen molar-refractivity contribution in [3.63, 3.8) is 0 Å². The van der Waals surface area contributed by atoms with E-state index >= 15 is 0 Å². The standard InChI is InChI=1S/C36H24N4/c1-2-10-30-25(8-1)9-7-11-31(30)35-24-34(28-16-14-26(15-17-28)32-12-3-5-22-37-32)39-36(40-35)29-20-18-27(19-21-29)33-13-4-6-23-38-33/h1-24H. The third kappa shape index (κ3) is 4.63. The van der Waals surface area contributed by atoms with Gasteiger partial charge in [-0.1, -0.05) is 103 Å². The van der Waals surface area contributed by atoms with Crippen LogP contribution in [0, 0.1) is 0 Å². The molecule has 0 saturated heterocycles. The monoisotopic (exact) mass is 512 g/mol. The number of hydrogen-bond acceptors (Lipinski definition) is 4. The Bertz CT molecular complexity index is 1810. The number of pyridine rings is 2. The summed E-state index contributed by atoms with van der Waals surface area (Å²) in [6.45, 7) is 0. The van der Waals surface area contributed by atoms with Crippen molar-refractivity contribution in [2.75, 3.05) is 0 Å². The Morgan fingerprint density at radius 3 is 1.52 bits per heavy atom. The SMILES string of the molecule is c1ccc(-c2ccc(-c3cc(-c4cccc5ccccc45)nc(-c4ccc(-c5ccccn5)cc4)n3)cc2)nc1. The van der Waals surface area contributed by atoms with Crippen LogP contribution in [-0.4, -0.2) is 19.9 Å². The fourth-order valence-corrected chi connectivity index (χ4v) is 4.98. The van der Waals surface area contributed by atoms with Gasteiger partial charge in [0.25, 0.3) is 0 Å². The van der Waals surface area contributed by atoms with Gasteiger partial charge in [0.1, 0.15) is 0 Å². The second-order valence-corrected chi connectivity index (χ2v) is 9.57. The van der Waals surface area contributed by atoms with Crippen molar-refractivity contribution in [3.05, 3.63) is 146 Å². The predicted octanol–water partition coefficient (Wildman–Crippen LogP) is 8.75. The van der Waals surface area contributed by atoms with Crippen LogP contribution in [0.4, 0.5) is 0 Å². The highest BCUT2D eigenvalue weighted by Crippen LogP contribution is 2.33. The molecule has 188 valence electrons. The van der Waals surface area contributed by atoms with Crippen molar-refractivity contribution in [1.29, 1.82) is 0 Å². The Labute approximate surface area is 232 Å². The van der Waals surface area contributed by atoms with Crippen molar-refractivity contribution in [2.45, 2.75) is 0 Å². The van der Waals surface area contributed by atoms with Gasteiger partial charge < -0.3 is 0 Å². The summed E-state index contributed by atoms with van der Waals surface area (Å²) in [7, 11) is 0. The molecular weight excluding hydrogens is 488 g/mol. The molecule has 7 rings (SSSR count). The quantitative estimate of drug-likeness (QED) is 0.231. The second-order valence-electron chi connectivity index (χ2n) is 9.57. The number of rotatable bonds is 5. The van der Waals surface area contributed by atoms with E-state index in [1.165, 1.54) is 5.39 Å². The summed E-state index contributed by atoms with van der Waals surface area (Å²) < 4.78 is 0. The first-order chi connectivity index (χ1) is 19.8. The van der Waals surface area contributed by atoms with Crippen molar-refractivity contribution >= 4 is 10.8 Å². The molecule has 4 heteroatoms. The minimum Gasteiger partial charge on any atom is -0.256 e. The van der Waals surface area contributed by atoms with E-state index in [1.54, 1.807) is 0 Å². The molecule has 3 heterocycles. The lowest BCUT2D eigenvalue weighted by Gasteiger charge is -2.12. The van der Waals surface area contributed by atoms with Crippen LogP contribution in [0.25, 0.3) is 67.2 Å². The molecule has 40 heavy (non-hydrogen) atoms. The fourth-order valence-electron chi connectivity index (χ4n) is 4.98. The summed E-state index contributed by atoms with van der Waals surface area (Å²) in [6, 6.07) is 45.4. The summed E-state index contributed by atoms with van der Waals surface area (Å²) >= 11 is 0. The molecule has 0 aliphatic heterocycles. The van der Waals surface area contributed by atoms with Crippen LogP contribution in [-0.2, 0) is 0 Å². The summed E-state index contributed by atoms with van der Waals surface area (Å²) in [5.41, 5.74) is 8.82. The van der Waals surface area contributed by atoms with Gasteiger partial charge in [0, 0.05) is 40.2 Å². The van der Waals surface area contributed by atoms with Crippen LogP contribution < -0.4 is 0 Å². The molecule has 7 aromatic rings. The van der Waals surface area contributed by atoms with Crippen LogP contribution in [0.2, 0.25) is 0 Å². The van der Waals surface area contributed by atoms with Gasteiger partial charge in [-0.25, -0.2) is 9.97 Å². The van der Waals surface area contributed by atoms with E-state index in [-0.39, 0.29) is 0 Å². The van der Waals surface area contributed by atoms with Crippen molar-refractivity contribution < 1.29 is 0 Å². The smallest absolute Gasteiger partial charge is 0.160 e. The molecule has 0 fully saturated rings. The van der Waals surface area contributed by atoms with Gasteiger partial charge in [0.2, 0.25) is 0 Å². The maximum absolute atomic E-state index is 5.08. The molecule has 4 aromatic carbocycles. The van der Waals surface area contributed by atoms with Gasteiger partial charge in [-0.15, -0.1) is 0 Å². The summed E-state index contributed by atoms with van der Waals surface area (Å²) in [4.78, 5) is 19.1. The van der Waals surface area contributed by atoms with Gasteiger partial charge >= 0.3 is 0 Å². The molecule has 0 radical (unpaired) electrons. The van der Waals surface area contributed by atoms with Crippen molar-refractivity contribution in [2.24, 2.45) is 0 Å². The average molecular weight is 513 g/mol. The van der Waals surface area contributed by atoms with Gasteiger partial charge in [0.15, 0.2) is 5.82 Å². The Kier molecular flexibility index (Phi) is 6.11. The lowest BCUT2D eigenvalue weighted by Crippen LogP contribution is -1.96. The molecule has 0 aliphatic carbocycles. The number of fused-ring (bicyclic) bond motifs is 1. The summed E-state index contributed by atoms with van der Waals surface area (Å²) in [5.74, 6) is 0.682. The Balaban J connectivity index is 1.35. The predicted molar refractivity (Wildman–Crippen MR) is 162 cm³/mol. The second kappa shape index (κ2) is 10.4. The lowest BCUT2D eigenvalue weighted by molar-refractivity contribution is 1.18. The first-order valence-corrected chi connectivity index (χ1v) is 13.2. The molecule has 3 aromatic heterocycles. The van der Waals surface area contributed by atoms with Crippen LogP contribution in [0.5, 0.6) is 0 Å². The van der Waals surface area contributed by atoms with E-state index < -0.39 is 0 Å². The van der Waals surface area contributed by atoms with Crippen LogP contribution in [0.1, 0.15) is 0 Å². The van der Waals surface area contributed by atoms with Crippen LogP contribution in [0.3, 0.4) is 0 Å². The van der Waals surface area contributed by atoms with E-state index in [0.29, 0.717) is 5.82 Å². The van der Waals surface area contributed by atoms with Crippen LogP contribution >= 0.6 is 0 Å². The number of nitrogens with zero attached hydrogens (tertiary/aromatic N) is 4. The van der Waals surface area contributed by atoms with E-state index in [9.17, 15) is 0 Å². The Morgan fingerprint density at radius 1 is 0.375 bits per heavy atom. The van der Waals surface area contributed by atoms with Crippen molar-refractivity contribution in [1.82, 2.24) is 19.9 Å². The number of benzene rings is 4. The van der Waals surface area contributed by atoms with Gasteiger partial charge in [-0.05, 0) is 41.1 Å². The molecule has 0 amide bonds. The normalized spacial score (nSPS) is 11.0. The third-order valence-corrected chi connectivity index (χ3v) is 7.04. The molecular formula is C36H24N4. The zero-order valence-corrected chi connectivity index (χ0v) is 21.6. The highest BCUT2D eigenvalue weighted by Gasteiger charge is 2.13. The molecule has 0 N–H and O–H groups in total. The third-order valence-electron chi connectivity index (χ3n) is 7.04. The van der Waals surface area contributed by atoms with E-state index in [1.807, 2.05) is 48.8 Å². The van der Waals surface area contributed by atoms with Gasteiger partial charge in [0.05, 0.1) is 22.8 Å². The van der Waals surface area contributed by atoms with Crippen molar-refractivity contribution in [3.8, 4) is 56.4 Å². The molecule has 0 atom stereocenters. The first-order valence-electron chi connectivity index (χ1n) is 13.2. The largest absolute Gasteiger partial charge is 0.256 e. The lowest BCUT2D eigenvalue weighted by atomic mass is 10.00. The molecule has 0 spiro atoms. The summed E-state index contributed by atoms with van der Waals surface area (Å²) in [5, 5.41) is 2.35. The zero-order valence-electron chi connectivity index (χ0n) is 21.6. The first kappa shape index (κ1) is 23.6. The van der Waals surface area contributed by atoms with Gasteiger partial charge in [-0.2, -0.15) is 0 Å². The number of hydrogen-bond donors (Lipinski definition) is 0. The minimum atomic E-state index is 0.682. The topological polar surface area (TPSA) is 51.6 Å². The Morgan fingerprint density at radius 2 is 0.900 bits per heavy atom.